The summed E-state index contributed by atoms with van der Waals surface area (Å²) >= 11 is 0. The molecule has 0 bridgehead atoms. The highest BCUT2D eigenvalue weighted by Crippen LogP contribution is 2.40. The van der Waals surface area contributed by atoms with E-state index in [1.165, 1.54) is 12.1 Å². The number of rotatable bonds is 2. The number of likely N-dealkylation sites (tertiary alicyclic amines) is 1. The number of amides is 1. The van der Waals surface area contributed by atoms with Crippen molar-refractivity contribution in [3.8, 4) is 0 Å². The molecule has 1 aliphatic heterocycles. The molecule has 4 rings (SSSR count). The van der Waals surface area contributed by atoms with Gasteiger partial charge in [-0.1, -0.05) is 0 Å². The predicted octanol–water partition coefficient (Wildman–Crippen LogP) is 2.85. The summed E-state index contributed by atoms with van der Waals surface area (Å²) in [7, 11) is 0. The Kier molecular flexibility index (Phi) is 3.53. The van der Waals surface area contributed by atoms with Crippen molar-refractivity contribution in [2.45, 2.75) is 37.7 Å². The molecule has 0 radical (unpaired) electrons. The Balaban J connectivity index is 1.80. The van der Waals surface area contributed by atoms with E-state index in [9.17, 15) is 14.3 Å². The Bertz CT molecular complexity index is 773. The molecule has 2 heterocycles. The standard InChI is InChI=1S/C18H19FN2O2/c19-12-5-6-16-14(8-12)15(9-17(20-16)11-3-4-11)18(23)21-7-1-2-13(22)10-21/h5-6,8-9,11,13,22H,1-4,7,10H2. The fourth-order valence-corrected chi connectivity index (χ4v) is 3.29. The zero-order valence-electron chi connectivity index (χ0n) is 12.8. The average molecular weight is 314 g/mol. The normalized spacial score (nSPS) is 21.7. The van der Waals surface area contributed by atoms with Gasteiger partial charge in [-0.25, -0.2) is 4.39 Å². The minimum Gasteiger partial charge on any atom is -0.391 e. The third-order valence-corrected chi connectivity index (χ3v) is 4.70. The summed E-state index contributed by atoms with van der Waals surface area (Å²) in [6, 6.07) is 6.22. The minimum atomic E-state index is -0.472. The molecule has 2 aliphatic rings. The second-order valence-electron chi connectivity index (χ2n) is 6.58. The summed E-state index contributed by atoms with van der Waals surface area (Å²) in [6.07, 6.45) is 3.23. The number of carbonyl (C=O) groups is 1. The van der Waals surface area contributed by atoms with Gasteiger partial charge in [-0.05, 0) is 49.9 Å². The second kappa shape index (κ2) is 5.57. The number of piperidine rings is 1. The quantitative estimate of drug-likeness (QED) is 0.927. The van der Waals surface area contributed by atoms with Crippen molar-refractivity contribution in [3.63, 3.8) is 0 Å². The molecule has 2 fully saturated rings. The van der Waals surface area contributed by atoms with Crippen molar-refractivity contribution in [1.82, 2.24) is 9.88 Å². The molecule has 1 N–H and O–H groups in total. The van der Waals surface area contributed by atoms with Crippen molar-refractivity contribution in [2.24, 2.45) is 0 Å². The van der Waals surface area contributed by atoms with Gasteiger partial charge < -0.3 is 10.0 Å². The molecule has 0 spiro atoms. The first-order valence-corrected chi connectivity index (χ1v) is 8.19. The molecule has 120 valence electrons. The molecule has 4 nitrogen and oxygen atoms in total. The molecule has 23 heavy (non-hydrogen) atoms. The smallest absolute Gasteiger partial charge is 0.254 e. The highest BCUT2D eigenvalue weighted by molar-refractivity contribution is 6.06. The topological polar surface area (TPSA) is 53.4 Å². The second-order valence-corrected chi connectivity index (χ2v) is 6.58. The highest BCUT2D eigenvalue weighted by Gasteiger charge is 2.29. The number of fused-ring (bicyclic) bond motifs is 1. The first-order valence-electron chi connectivity index (χ1n) is 8.19. The summed E-state index contributed by atoms with van der Waals surface area (Å²) in [4.78, 5) is 19.2. The molecule has 5 heteroatoms. The molecule has 2 aromatic rings. The maximum atomic E-state index is 13.7. The van der Waals surface area contributed by atoms with Crippen LogP contribution in [0.1, 0.15) is 47.7 Å². The zero-order chi connectivity index (χ0) is 16.0. The van der Waals surface area contributed by atoms with Crippen LogP contribution in [0.15, 0.2) is 24.3 Å². The number of aliphatic hydroxyl groups is 1. The van der Waals surface area contributed by atoms with Gasteiger partial charge in [-0.2, -0.15) is 0 Å². The summed E-state index contributed by atoms with van der Waals surface area (Å²) in [6.45, 7) is 0.977. The van der Waals surface area contributed by atoms with Gasteiger partial charge in [-0.3, -0.25) is 9.78 Å². The summed E-state index contributed by atoms with van der Waals surface area (Å²) < 4.78 is 13.7. The number of nitrogens with zero attached hydrogens (tertiary/aromatic N) is 2. The van der Waals surface area contributed by atoms with Crippen LogP contribution in [-0.4, -0.2) is 40.1 Å². The highest BCUT2D eigenvalue weighted by atomic mass is 19.1. The van der Waals surface area contributed by atoms with Gasteiger partial charge in [0.25, 0.3) is 5.91 Å². The third-order valence-electron chi connectivity index (χ3n) is 4.70. The van der Waals surface area contributed by atoms with E-state index in [0.717, 1.165) is 31.4 Å². The molecule has 1 saturated carbocycles. The third kappa shape index (κ3) is 2.81. The maximum absolute atomic E-state index is 13.7. The number of hydrogen-bond acceptors (Lipinski definition) is 3. The molecule has 1 atom stereocenters. The molecule has 1 aliphatic carbocycles. The first kappa shape index (κ1) is 14.6. The van der Waals surface area contributed by atoms with Gasteiger partial charge in [0, 0.05) is 30.1 Å². The number of halogens is 1. The van der Waals surface area contributed by atoms with Crippen LogP contribution in [0.5, 0.6) is 0 Å². The van der Waals surface area contributed by atoms with E-state index in [-0.39, 0.29) is 11.7 Å². The Hall–Kier alpha value is -2.01. The van der Waals surface area contributed by atoms with E-state index in [1.54, 1.807) is 11.0 Å². The summed E-state index contributed by atoms with van der Waals surface area (Å²) in [5.74, 6) is -0.0854. The number of carbonyl (C=O) groups excluding carboxylic acids is 1. The SMILES string of the molecule is O=C(c1cc(C2CC2)nc2ccc(F)cc12)N1CCCC(O)C1. The van der Waals surface area contributed by atoms with E-state index >= 15 is 0 Å². The number of pyridine rings is 1. The molecule has 1 saturated heterocycles. The summed E-state index contributed by atoms with van der Waals surface area (Å²) in [5, 5.41) is 10.4. The number of benzene rings is 1. The largest absolute Gasteiger partial charge is 0.391 e. The average Bonchev–Trinajstić information content (AvgIpc) is 3.38. The first-order chi connectivity index (χ1) is 11.1. The van der Waals surface area contributed by atoms with Crippen molar-refractivity contribution in [2.75, 3.05) is 13.1 Å². The van der Waals surface area contributed by atoms with Crippen LogP contribution in [0.3, 0.4) is 0 Å². The van der Waals surface area contributed by atoms with Gasteiger partial charge in [0.05, 0.1) is 17.2 Å². The van der Waals surface area contributed by atoms with Gasteiger partial charge >= 0.3 is 0 Å². The lowest BCUT2D eigenvalue weighted by atomic mass is 10.0. The van der Waals surface area contributed by atoms with E-state index in [0.29, 0.717) is 35.5 Å². The number of aliphatic hydroxyl groups excluding tert-OH is 1. The Morgan fingerprint density at radius 1 is 1.26 bits per heavy atom. The van der Waals surface area contributed by atoms with Crippen LogP contribution < -0.4 is 0 Å². The van der Waals surface area contributed by atoms with Crippen LogP contribution in [0, 0.1) is 5.82 Å². The van der Waals surface area contributed by atoms with E-state index in [1.807, 2.05) is 6.07 Å². The van der Waals surface area contributed by atoms with E-state index in [2.05, 4.69) is 4.98 Å². The number of hydrogen-bond donors (Lipinski definition) is 1. The Labute approximate surface area is 133 Å². The predicted molar refractivity (Wildman–Crippen MR) is 84.8 cm³/mol. The Morgan fingerprint density at radius 2 is 2.09 bits per heavy atom. The number of β-amino-alcohol motifs (C(OH)–C–C–N with tert-alkyl or cyclic N) is 1. The summed E-state index contributed by atoms with van der Waals surface area (Å²) in [5.41, 5.74) is 2.09. The molecule has 1 amide bonds. The van der Waals surface area contributed by atoms with Crippen LogP contribution in [0.2, 0.25) is 0 Å². The molecule has 1 aromatic heterocycles. The lowest BCUT2D eigenvalue weighted by Crippen LogP contribution is -2.42. The van der Waals surface area contributed by atoms with Gasteiger partial charge in [0.2, 0.25) is 0 Å². The van der Waals surface area contributed by atoms with Gasteiger partial charge in [0.15, 0.2) is 0 Å². The van der Waals surface area contributed by atoms with E-state index < -0.39 is 6.10 Å². The maximum Gasteiger partial charge on any atom is 0.254 e. The van der Waals surface area contributed by atoms with Crippen molar-refractivity contribution in [1.29, 1.82) is 0 Å². The van der Waals surface area contributed by atoms with Crippen LogP contribution in [0.25, 0.3) is 10.9 Å². The van der Waals surface area contributed by atoms with E-state index in [4.69, 9.17) is 0 Å². The van der Waals surface area contributed by atoms with Crippen molar-refractivity contribution in [3.05, 3.63) is 41.3 Å². The fourth-order valence-electron chi connectivity index (χ4n) is 3.29. The number of aromatic nitrogens is 1. The Morgan fingerprint density at radius 3 is 2.83 bits per heavy atom. The minimum absolute atomic E-state index is 0.136. The molecular weight excluding hydrogens is 295 g/mol. The van der Waals surface area contributed by atoms with Crippen LogP contribution in [0.4, 0.5) is 4.39 Å². The van der Waals surface area contributed by atoms with Crippen LogP contribution in [-0.2, 0) is 0 Å². The molecular formula is C18H19FN2O2. The molecule has 1 aromatic carbocycles. The van der Waals surface area contributed by atoms with Crippen LogP contribution >= 0.6 is 0 Å². The van der Waals surface area contributed by atoms with Gasteiger partial charge in [0.1, 0.15) is 5.82 Å². The lowest BCUT2D eigenvalue weighted by molar-refractivity contribution is 0.0475. The molecule has 1 unspecified atom stereocenters. The zero-order valence-corrected chi connectivity index (χ0v) is 12.8. The van der Waals surface area contributed by atoms with Crippen molar-refractivity contribution < 1.29 is 14.3 Å². The van der Waals surface area contributed by atoms with Gasteiger partial charge in [-0.15, -0.1) is 0 Å². The lowest BCUT2D eigenvalue weighted by Gasteiger charge is -2.30. The monoisotopic (exact) mass is 314 g/mol. The fraction of sp³-hybridized carbons (Fsp3) is 0.444. The van der Waals surface area contributed by atoms with Crippen molar-refractivity contribution >= 4 is 16.8 Å².